The lowest BCUT2D eigenvalue weighted by atomic mass is 10.1. The first-order valence-electron chi connectivity index (χ1n) is 7.61. The van der Waals surface area contributed by atoms with Crippen LogP contribution in [0.5, 0.6) is 0 Å². The molecule has 3 aromatic rings. The third-order valence-corrected chi connectivity index (χ3v) is 4.21. The number of halogens is 4. The van der Waals surface area contributed by atoms with E-state index >= 15 is 0 Å². The third-order valence-electron chi connectivity index (χ3n) is 3.67. The van der Waals surface area contributed by atoms with Gasteiger partial charge in [-0.25, -0.2) is 4.39 Å². The number of hydrogen-bond acceptors (Lipinski definition) is 2. The van der Waals surface area contributed by atoms with Crippen LogP contribution in [0.15, 0.2) is 59.0 Å². The second-order valence-electron chi connectivity index (χ2n) is 5.45. The van der Waals surface area contributed by atoms with Crippen molar-refractivity contribution >= 4 is 35.6 Å². The number of benzene rings is 2. The molecule has 0 amide bonds. The zero-order valence-electron chi connectivity index (χ0n) is 13.3. The van der Waals surface area contributed by atoms with Crippen molar-refractivity contribution in [3.63, 3.8) is 0 Å². The molecule has 0 saturated carbocycles. The van der Waals surface area contributed by atoms with E-state index in [4.69, 9.17) is 27.6 Å². The van der Waals surface area contributed by atoms with E-state index in [2.05, 4.69) is 5.32 Å². The Bertz CT molecular complexity index is 818. The highest BCUT2D eigenvalue weighted by atomic mass is 35.5. The molecule has 2 nitrogen and oxygen atoms in total. The van der Waals surface area contributed by atoms with Crippen molar-refractivity contribution in [2.75, 3.05) is 6.54 Å². The van der Waals surface area contributed by atoms with E-state index in [1.54, 1.807) is 12.1 Å². The smallest absolute Gasteiger partial charge is 0.141 e. The summed E-state index contributed by atoms with van der Waals surface area (Å²) in [4.78, 5) is 0. The molecule has 0 bridgehead atoms. The predicted molar refractivity (Wildman–Crippen MR) is 103 cm³/mol. The van der Waals surface area contributed by atoms with Gasteiger partial charge in [-0.2, -0.15) is 0 Å². The van der Waals surface area contributed by atoms with Crippen molar-refractivity contribution in [1.29, 1.82) is 0 Å². The standard InChI is InChI=1S/C19H16Cl2FNO.ClH/c20-15-4-1-13(2-5-15)9-10-23-12-16-6-8-19(24-16)14-3-7-18(22)17(21)11-14;/h1-8,11,23H,9-10,12H2;1H. The van der Waals surface area contributed by atoms with Gasteiger partial charge in [-0.15, -0.1) is 12.4 Å². The second-order valence-corrected chi connectivity index (χ2v) is 6.29. The molecular formula is C19H17Cl3FNO. The van der Waals surface area contributed by atoms with Crippen molar-refractivity contribution in [3.05, 3.63) is 81.8 Å². The van der Waals surface area contributed by atoms with Crippen LogP contribution in [0.4, 0.5) is 4.39 Å². The van der Waals surface area contributed by atoms with Crippen LogP contribution < -0.4 is 5.32 Å². The van der Waals surface area contributed by atoms with E-state index in [9.17, 15) is 4.39 Å². The summed E-state index contributed by atoms with van der Waals surface area (Å²) in [7, 11) is 0. The van der Waals surface area contributed by atoms with E-state index < -0.39 is 5.82 Å². The Morgan fingerprint density at radius 3 is 2.44 bits per heavy atom. The highest BCUT2D eigenvalue weighted by Gasteiger charge is 2.07. The summed E-state index contributed by atoms with van der Waals surface area (Å²) in [5.74, 6) is 1.06. The monoisotopic (exact) mass is 399 g/mol. The maximum absolute atomic E-state index is 13.2. The number of rotatable bonds is 6. The van der Waals surface area contributed by atoms with Crippen molar-refractivity contribution in [3.8, 4) is 11.3 Å². The quantitative estimate of drug-likeness (QED) is 0.502. The molecule has 0 unspecified atom stereocenters. The zero-order valence-corrected chi connectivity index (χ0v) is 15.6. The summed E-state index contributed by atoms with van der Waals surface area (Å²) in [6.45, 7) is 1.46. The Hall–Kier alpha value is -1.52. The topological polar surface area (TPSA) is 25.2 Å². The Morgan fingerprint density at radius 1 is 0.960 bits per heavy atom. The molecule has 0 aliphatic carbocycles. The van der Waals surface area contributed by atoms with Gasteiger partial charge in [-0.05, 0) is 61.0 Å². The van der Waals surface area contributed by atoms with E-state index in [-0.39, 0.29) is 17.4 Å². The highest BCUT2D eigenvalue weighted by Crippen LogP contribution is 2.26. The fourth-order valence-corrected chi connectivity index (χ4v) is 2.68. The van der Waals surface area contributed by atoms with Gasteiger partial charge in [0.25, 0.3) is 0 Å². The van der Waals surface area contributed by atoms with Crippen LogP contribution in [0.3, 0.4) is 0 Å². The first kappa shape index (κ1) is 19.8. The van der Waals surface area contributed by atoms with Crippen LogP contribution in [-0.4, -0.2) is 6.54 Å². The minimum atomic E-state index is -0.434. The minimum absolute atomic E-state index is 0. The lowest BCUT2D eigenvalue weighted by molar-refractivity contribution is 0.494. The summed E-state index contributed by atoms with van der Waals surface area (Å²) in [6, 6.07) is 16.1. The minimum Gasteiger partial charge on any atom is -0.460 e. The van der Waals surface area contributed by atoms with Gasteiger partial charge in [-0.1, -0.05) is 35.3 Å². The van der Waals surface area contributed by atoms with Gasteiger partial charge in [0, 0.05) is 10.6 Å². The average Bonchev–Trinajstić information content (AvgIpc) is 3.05. The molecule has 3 rings (SSSR count). The predicted octanol–water partition coefficient (Wildman–Crippen LogP) is 6.15. The van der Waals surface area contributed by atoms with Crippen LogP contribution in [0, 0.1) is 5.82 Å². The summed E-state index contributed by atoms with van der Waals surface area (Å²) in [5.41, 5.74) is 1.99. The first-order chi connectivity index (χ1) is 11.6. The van der Waals surface area contributed by atoms with E-state index in [0.717, 1.165) is 29.3 Å². The van der Waals surface area contributed by atoms with Crippen molar-refractivity contribution in [1.82, 2.24) is 5.32 Å². The molecule has 1 N–H and O–H groups in total. The molecule has 0 saturated heterocycles. The molecule has 132 valence electrons. The third kappa shape index (κ3) is 5.48. The first-order valence-corrected chi connectivity index (χ1v) is 8.37. The molecule has 2 aromatic carbocycles. The normalized spacial score (nSPS) is 10.5. The van der Waals surface area contributed by atoms with Gasteiger partial charge < -0.3 is 9.73 Å². The van der Waals surface area contributed by atoms with Crippen LogP contribution >= 0.6 is 35.6 Å². The maximum atomic E-state index is 13.2. The molecule has 0 spiro atoms. The lowest BCUT2D eigenvalue weighted by Gasteiger charge is -2.04. The van der Waals surface area contributed by atoms with Gasteiger partial charge in [0.05, 0.1) is 11.6 Å². The summed E-state index contributed by atoms with van der Waals surface area (Å²) in [5, 5.41) is 4.17. The van der Waals surface area contributed by atoms with Crippen molar-refractivity contribution < 1.29 is 8.81 Å². The molecule has 0 radical (unpaired) electrons. The zero-order chi connectivity index (χ0) is 16.9. The Kier molecular flexibility index (Phi) is 7.33. The Morgan fingerprint density at radius 2 is 1.72 bits per heavy atom. The molecule has 0 fully saturated rings. The molecule has 25 heavy (non-hydrogen) atoms. The average molecular weight is 401 g/mol. The highest BCUT2D eigenvalue weighted by molar-refractivity contribution is 6.31. The fourth-order valence-electron chi connectivity index (χ4n) is 2.37. The van der Waals surface area contributed by atoms with Crippen LogP contribution in [0.2, 0.25) is 10.0 Å². The molecule has 0 aliphatic rings. The van der Waals surface area contributed by atoms with Gasteiger partial charge in [-0.3, -0.25) is 0 Å². The van der Waals surface area contributed by atoms with Crippen molar-refractivity contribution in [2.45, 2.75) is 13.0 Å². The summed E-state index contributed by atoms with van der Waals surface area (Å²) in [6.07, 6.45) is 0.915. The van der Waals surface area contributed by atoms with E-state index in [1.807, 2.05) is 36.4 Å². The lowest BCUT2D eigenvalue weighted by Crippen LogP contribution is -2.16. The number of nitrogens with one attached hydrogen (secondary N) is 1. The fraction of sp³-hybridized carbons (Fsp3) is 0.158. The molecule has 0 aliphatic heterocycles. The summed E-state index contributed by atoms with van der Waals surface area (Å²) >= 11 is 11.7. The van der Waals surface area contributed by atoms with Gasteiger partial charge in [0.1, 0.15) is 17.3 Å². The number of hydrogen-bond donors (Lipinski definition) is 1. The molecule has 1 heterocycles. The van der Waals surface area contributed by atoms with E-state index in [0.29, 0.717) is 12.3 Å². The van der Waals surface area contributed by atoms with E-state index in [1.165, 1.54) is 11.6 Å². The van der Waals surface area contributed by atoms with Crippen LogP contribution in [0.1, 0.15) is 11.3 Å². The molecular weight excluding hydrogens is 384 g/mol. The Labute approximate surface area is 162 Å². The van der Waals surface area contributed by atoms with Crippen molar-refractivity contribution in [2.24, 2.45) is 0 Å². The molecule has 0 atom stereocenters. The van der Waals surface area contributed by atoms with Gasteiger partial charge >= 0.3 is 0 Å². The summed E-state index contributed by atoms with van der Waals surface area (Å²) < 4.78 is 19.0. The molecule has 6 heteroatoms. The van der Waals surface area contributed by atoms with Crippen LogP contribution in [-0.2, 0) is 13.0 Å². The second kappa shape index (κ2) is 9.25. The Balaban J connectivity index is 0.00000225. The number of furan rings is 1. The van der Waals surface area contributed by atoms with Crippen LogP contribution in [0.25, 0.3) is 11.3 Å². The maximum Gasteiger partial charge on any atom is 0.141 e. The van der Waals surface area contributed by atoms with Gasteiger partial charge in [0.15, 0.2) is 0 Å². The largest absolute Gasteiger partial charge is 0.460 e. The van der Waals surface area contributed by atoms with Gasteiger partial charge in [0.2, 0.25) is 0 Å². The SMILES string of the molecule is Cl.Fc1ccc(-c2ccc(CNCCc3ccc(Cl)cc3)o2)cc1Cl. The molecule has 1 aromatic heterocycles.